The van der Waals surface area contributed by atoms with Crippen LogP contribution in [0.25, 0.3) is 5.69 Å². The third kappa shape index (κ3) is 4.89. The average molecular weight is 346 g/mol. The van der Waals surface area contributed by atoms with Gasteiger partial charge in [0.2, 0.25) is 5.91 Å². The number of carbonyl (C=O) groups is 1. The molecule has 2 rings (SSSR count). The smallest absolute Gasteiger partial charge is 0.237 e. The van der Waals surface area contributed by atoms with Crippen molar-refractivity contribution in [3.05, 3.63) is 47.5 Å². The average Bonchev–Trinajstić information content (AvgIpc) is 2.88. The summed E-state index contributed by atoms with van der Waals surface area (Å²) in [6.45, 7) is 11.7. The zero-order chi connectivity index (χ0) is 18.8. The van der Waals surface area contributed by atoms with Gasteiger partial charge in [-0.3, -0.25) is 10.1 Å². The molecule has 0 aliphatic rings. The molecule has 0 saturated heterocycles. The highest BCUT2D eigenvalue weighted by Crippen LogP contribution is 2.21. The predicted molar refractivity (Wildman–Crippen MR) is 97.2 cm³/mol. The van der Waals surface area contributed by atoms with E-state index in [1.54, 1.807) is 23.0 Å². The lowest BCUT2D eigenvalue weighted by Crippen LogP contribution is -2.50. The normalized spacial score (nSPS) is 14.2. The van der Waals surface area contributed by atoms with Crippen LogP contribution in [-0.4, -0.2) is 27.3 Å². The van der Waals surface area contributed by atoms with Crippen molar-refractivity contribution in [2.24, 2.45) is 0 Å². The molecule has 0 bridgehead atoms. The molecule has 0 aliphatic heterocycles. The van der Waals surface area contributed by atoms with E-state index in [0.29, 0.717) is 0 Å². The van der Waals surface area contributed by atoms with E-state index >= 15 is 0 Å². The van der Waals surface area contributed by atoms with E-state index in [2.05, 4.69) is 15.7 Å². The first kappa shape index (κ1) is 19.1. The van der Waals surface area contributed by atoms with Crippen LogP contribution in [0.4, 0.5) is 4.39 Å². The van der Waals surface area contributed by atoms with E-state index in [4.69, 9.17) is 0 Å². The van der Waals surface area contributed by atoms with Crippen molar-refractivity contribution >= 4 is 5.91 Å². The SMILES string of the molecule is Cc1c([C@@H](C)N[C@H](C)C(=O)NC(C)(C)C)cnn1-c1ccc(F)cc1. The Morgan fingerprint density at radius 3 is 2.36 bits per heavy atom. The number of amides is 1. The molecule has 0 fully saturated rings. The van der Waals surface area contributed by atoms with Gasteiger partial charge in [0, 0.05) is 22.8 Å². The van der Waals surface area contributed by atoms with E-state index < -0.39 is 0 Å². The first-order valence-corrected chi connectivity index (χ1v) is 8.47. The van der Waals surface area contributed by atoms with Gasteiger partial charge in [0.1, 0.15) is 5.82 Å². The summed E-state index contributed by atoms with van der Waals surface area (Å²) >= 11 is 0. The summed E-state index contributed by atoms with van der Waals surface area (Å²) in [6.07, 6.45) is 1.78. The van der Waals surface area contributed by atoms with Crippen LogP contribution in [0.1, 0.15) is 51.9 Å². The van der Waals surface area contributed by atoms with Gasteiger partial charge < -0.3 is 5.32 Å². The second-order valence-electron chi connectivity index (χ2n) is 7.42. The molecule has 136 valence electrons. The summed E-state index contributed by atoms with van der Waals surface area (Å²) in [5.41, 5.74) is 2.49. The minimum absolute atomic E-state index is 0.0390. The van der Waals surface area contributed by atoms with Crippen LogP contribution in [0.15, 0.2) is 30.5 Å². The second kappa shape index (κ2) is 7.35. The molecule has 0 saturated carbocycles. The Labute approximate surface area is 148 Å². The van der Waals surface area contributed by atoms with Crippen LogP contribution < -0.4 is 10.6 Å². The lowest BCUT2D eigenvalue weighted by atomic mass is 10.1. The van der Waals surface area contributed by atoms with Crippen LogP contribution in [0.2, 0.25) is 0 Å². The third-order valence-electron chi connectivity index (χ3n) is 3.98. The molecule has 25 heavy (non-hydrogen) atoms. The molecule has 1 aromatic heterocycles. The molecule has 1 amide bonds. The van der Waals surface area contributed by atoms with Gasteiger partial charge in [0.05, 0.1) is 17.9 Å². The van der Waals surface area contributed by atoms with Gasteiger partial charge in [-0.1, -0.05) is 0 Å². The molecule has 2 N–H and O–H groups in total. The maximum absolute atomic E-state index is 13.1. The minimum atomic E-state index is -0.331. The van der Waals surface area contributed by atoms with Crippen molar-refractivity contribution in [1.82, 2.24) is 20.4 Å². The minimum Gasteiger partial charge on any atom is -0.350 e. The zero-order valence-corrected chi connectivity index (χ0v) is 15.7. The molecule has 5 nitrogen and oxygen atoms in total. The van der Waals surface area contributed by atoms with E-state index in [-0.39, 0.29) is 29.3 Å². The quantitative estimate of drug-likeness (QED) is 0.873. The molecule has 0 radical (unpaired) electrons. The van der Waals surface area contributed by atoms with Gasteiger partial charge in [-0.25, -0.2) is 9.07 Å². The fourth-order valence-corrected chi connectivity index (χ4v) is 2.71. The Morgan fingerprint density at radius 1 is 1.20 bits per heavy atom. The van der Waals surface area contributed by atoms with E-state index in [1.807, 2.05) is 41.5 Å². The molecular weight excluding hydrogens is 319 g/mol. The standard InChI is InChI=1S/C19H27FN4O/c1-12(22-13(2)18(25)23-19(4,5)6)17-11-21-24(14(17)3)16-9-7-15(20)8-10-16/h7-13,22H,1-6H3,(H,23,25)/t12-,13-/m1/s1. The van der Waals surface area contributed by atoms with Crippen LogP contribution in [0.5, 0.6) is 0 Å². The monoisotopic (exact) mass is 346 g/mol. The summed E-state index contributed by atoms with van der Waals surface area (Å²) in [6, 6.07) is 5.83. The Morgan fingerprint density at radius 2 is 1.80 bits per heavy atom. The molecule has 2 atom stereocenters. The number of rotatable bonds is 5. The van der Waals surface area contributed by atoms with E-state index in [1.165, 1.54) is 12.1 Å². The number of aromatic nitrogens is 2. The molecule has 2 aromatic rings. The first-order chi connectivity index (χ1) is 11.6. The Hall–Kier alpha value is -2.21. The second-order valence-corrected chi connectivity index (χ2v) is 7.42. The van der Waals surface area contributed by atoms with E-state index in [9.17, 15) is 9.18 Å². The number of hydrogen-bond acceptors (Lipinski definition) is 3. The van der Waals surface area contributed by atoms with Crippen molar-refractivity contribution in [1.29, 1.82) is 0 Å². The van der Waals surface area contributed by atoms with Crippen molar-refractivity contribution in [2.75, 3.05) is 0 Å². The van der Waals surface area contributed by atoms with Crippen LogP contribution in [-0.2, 0) is 4.79 Å². The van der Waals surface area contributed by atoms with Crippen molar-refractivity contribution < 1.29 is 9.18 Å². The van der Waals surface area contributed by atoms with Crippen LogP contribution in [0.3, 0.4) is 0 Å². The Balaban J connectivity index is 2.11. The van der Waals surface area contributed by atoms with E-state index in [0.717, 1.165) is 16.9 Å². The molecule has 0 aliphatic carbocycles. The van der Waals surface area contributed by atoms with Crippen molar-refractivity contribution in [2.45, 2.75) is 59.2 Å². The van der Waals surface area contributed by atoms with Gasteiger partial charge in [0.25, 0.3) is 0 Å². The fourth-order valence-electron chi connectivity index (χ4n) is 2.71. The topological polar surface area (TPSA) is 59.0 Å². The highest BCUT2D eigenvalue weighted by atomic mass is 19.1. The molecule has 1 heterocycles. The van der Waals surface area contributed by atoms with Gasteiger partial charge in [-0.05, 0) is 65.8 Å². The fraction of sp³-hybridized carbons (Fsp3) is 0.474. The van der Waals surface area contributed by atoms with Crippen molar-refractivity contribution in [3.8, 4) is 5.69 Å². The molecule has 0 spiro atoms. The lowest BCUT2D eigenvalue weighted by molar-refractivity contribution is -0.124. The van der Waals surface area contributed by atoms with Crippen LogP contribution >= 0.6 is 0 Å². The maximum Gasteiger partial charge on any atom is 0.237 e. The number of halogens is 1. The van der Waals surface area contributed by atoms with Crippen LogP contribution in [0, 0.1) is 12.7 Å². The zero-order valence-electron chi connectivity index (χ0n) is 15.7. The summed E-state index contributed by atoms with van der Waals surface area (Å²) in [7, 11) is 0. The highest BCUT2D eigenvalue weighted by Gasteiger charge is 2.22. The van der Waals surface area contributed by atoms with Gasteiger partial charge in [0.15, 0.2) is 0 Å². The summed E-state index contributed by atoms with van der Waals surface area (Å²) in [5, 5.41) is 10.7. The lowest BCUT2D eigenvalue weighted by Gasteiger charge is -2.25. The Kier molecular flexibility index (Phi) is 5.62. The molecular formula is C19H27FN4O. The number of benzene rings is 1. The number of nitrogens with zero attached hydrogens (tertiary/aromatic N) is 2. The largest absolute Gasteiger partial charge is 0.350 e. The number of nitrogens with one attached hydrogen (secondary N) is 2. The van der Waals surface area contributed by atoms with Gasteiger partial charge in [-0.15, -0.1) is 0 Å². The molecule has 0 unspecified atom stereocenters. The van der Waals surface area contributed by atoms with Gasteiger partial charge in [-0.2, -0.15) is 5.10 Å². The maximum atomic E-state index is 13.1. The third-order valence-corrected chi connectivity index (χ3v) is 3.98. The summed E-state index contributed by atoms with van der Waals surface area (Å²) in [5.74, 6) is -0.314. The Bertz CT molecular complexity index is 731. The summed E-state index contributed by atoms with van der Waals surface area (Å²) in [4.78, 5) is 12.2. The molecule has 6 heteroatoms. The van der Waals surface area contributed by atoms with Crippen molar-refractivity contribution in [3.63, 3.8) is 0 Å². The summed E-state index contributed by atoms with van der Waals surface area (Å²) < 4.78 is 14.9. The number of hydrogen-bond donors (Lipinski definition) is 2. The predicted octanol–water partition coefficient (Wildman–Crippen LogP) is 3.27. The highest BCUT2D eigenvalue weighted by molar-refractivity contribution is 5.82. The number of carbonyl (C=O) groups excluding carboxylic acids is 1. The first-order valence-electron chi connectivity index (χ1n) is 8.47. The van der Waals surface area contributed by atoms with Gasteiger partial charge >= 0.3 is 0 Å². The molecule has 1 aromatic carbocycles.